The second-order valence-electron chi connectivity index (χ2n) is 9.63. The normalized spacial score (nSPS) is 18.7. The number of unbranched alkanes of at least 4 members (excludes halogenated alkanes) is 1. The lowest BCUT2D eigenvalue weighted by Crippen LogP contribution is -2.36. The lowest BCUT2D eigenvalue weighted by molar-refractivity contribution is 0.102. The number of rotatable bonds is 10. The Labute approximate surface area is 208 Å². The first-order valence-corrected chi connectivity index (χ1v) is 14.0. The summed E-state index contributed by atoms with van der Waals surface area (Å²) in [6, 6.07) is 8.01. The van der Waals surface area contributed by atoms with Crippen LogP contribution in [0.25, 0.3) is 0 Å². The SMILES string of the molecule is CCCCC(CC)CN1CCC(c2nc(C(=O)Nc3ccccc3N3CCOCC3)cs2)CC1. The highest BCUT2D eigenvalue weighted by Crippen LogP contribution is 2.32. The molecule has 0 spiro atoms. The molecule has 1 aromatic heterocycles. The molecule has 1 atom stereocenters. The minimum absolute atomic E-state index is 0.123. The van der Waals surface area contributed by atoms with Crippen molar-refractivity contribution < 1.29 is 9.53 Å². The summed E-state index contributed by atoms with van der Waals surface area (Å²) < 4.78 is 5.48. The van der Waals surface area contributed by atoms with E-state index in [2.05, 4.69) is 35.0 Å². The van der Waals surface area contributed by atoms with Crippen LogP contribution in [0.1, 0.15) is 73.8 Å². The highest BCUT2D eigenvalue weighted by atomic mass is 32.1. The summed E-state index contributed by atoms with van der Waals surface area (Å²) in [5, 5.41) is 6.14. The van der Waals surface area contributed by atoms with Gasteiger partial charge in [0.25, 0.3) is 5.91 Å². The van der Waals surface area contributed by atoms with Crippen LogP contribution in [0.15, 0.2) is 29.6 Å². The van der Waals surface area contributed by atoms with Gasteiger partial charge in [0, 0.05) is 30.9 Å². The van der Waals surface area contributed by atoms with Crippen molar-refractivity contribution in [2.45, 2.75) is 58.3 Å². The number of carbonyl (C=O) groups is 1. The molecular weight excluding hydrogens is 444 g/mol. The van der Waals surface area contributed by atoms with Crippen molar-refractivity contribution in [3.8, 4) is 0 Å². The molecule has 0 aliphatic carbocycles. The number of ether oxygens (including phenoxy) is 1. The van der Waals surface area contributed by atoms with Gasteiger partial charge in [-0.1, -0.05) is 45.2 Å². The maximum atomic E-state index is 13.0. The molecule has 7 heteroatoms. The Balaban J connectivity index is 1.31. The van der Waals surface area contributed by atoms with E-state index in [-0.39, 0.29) is 5.91 Å². The summed E-state index contributed by atoms with van der Waals surface area (Å²) in [6.07, 6.45) is 7.54. The number of nitrogens with zero attached hydrogens (tertiary/aromatic N) is 3. The number of likely N-dealkylation sites (tertiary alicyclic amines) is 1. The molecule has 2 saturated heterocycles. The van der Waals surface area contributed by atoms with Crippen molar-refractivity contribution in [1.82, 2.24) is 9.88 Å². The molecule has 2 aliphatic heterocycles. The van der Waals surface area contributed by atoms with Gasteiger partial charge in [-0.3, -0.25) is 4.79 Å². The molecule has 4 rings (SSSR count). The number of carbonyl (C=O) groups excluding carboxylic acids is 1. The molecule has 2 fully saturated rings. The molecule has 2 aromatic rings. The zero-order valence-corrected chi connectivity index (χ0v) is 21.6. The second-order valence-corrected chi connectivity index (χ2v) is 10.5. The zero-order chi connectivity index (χ0) is 23.8. The van der Waals surface area contributed by atoms with Gasteiger partial charge in [-0.2, -0.15) is 0 Å². The molecule has 1 N–H and O–H groups in total. The van der Waals surface area contributed by atoms with E-state index in [0.29, 0.717) is 24.8 Å². The van der Waals surface area contributed by atoms with Gasteiger partial charge < -0.3 is 19.9 Å². The van der Waals surface area contributed by atoms with Crippen LogP contribution in [0.2, 0.25) is 0 Å². The first kappa shape index (κ1) is 25.1. The van der Waals surface area contributed by atoms with Crippen LogP contribution in [0, 0.1) is 5.92 Å². The van der Waals surface area contributed by atoms with Gasteiger partial charge >= 0.3 is 0 Å². The standard InChI is InChI=1S/C27H40N4O2S/c1-3-5-8-21(4-2)19-30-13-11-22(12-14-30)27-29-24(20-34-27)26(32)28-23-9-6-7-10-25(23)31-15-17-33-18-16-31/h6-7,9-10,20-22H,3-5,8,11-19H2,1-2H3,(H,28,32). The van der Waals surface area contributed by atoms with Crippen molar-refractivity contribution in [3.63, 3.8) is 0 Å². The highest BCUT2D eigenvalue weighted by molar-refractivity contribution is 7.10. The molecule has 0 radical (unpaired) electrons. The summed E-state index contributed by atoms with van der Waals surface area (Å²) in [4.78, 5) is 22.7. The number of para-hydroxylation sites is 2. The third-order valence-electron chi connectivity index (χ3n) is 7.26. The third-order valence-corrected chi connectivity index (χ3v) is 8.26. The number of nitrogens with one attached hydrogen (secondary N) is 1. The van der Waals surface area contributed by atoms with E-state index in [1.54, 1.807) is 11.3 Å². The number of anilines is 2. The van der Waals surface area contributed by atoms with Gasteiger partial charge in [0.15, 0.2) is 0 Å². The van der Waals surface area contributed by atoms with Crippen molar-refractivity contribution in [3.05, 3.63) is 40.3 Å². The molecule has 3 heterocycles. The van der Waals surface area contributed by atoms with Crippen molar-refractivity contribution in [1.29, 1.82) is 0 Å². The van der Waals surface area contributed by atoms with Crippen LogP contribution in [-0.4, -0.2) is 61.7 Å². The van der Waals surface area contributed by atoms with Crippen LogP contribution in [0.5, 0.6) is 0 Å². The van der Waals surface area contributed by atoms with Crippen LogP contribution in [0.4, 0.5) is 11.4 Å². The fourth-order valence-electron chi connectivity index (χ4n) is 5.07. The molecule has 0 saturated carbocycles. The molecule has 1 unspecified atom stereocenters. The molecule has 186 valence electrons. The average Bonchev–Trinajstić information content (AvgIpc) is 3.38. The lowest BCUT2D eigenvalue weighted by atomic mass is 9.94. The van der Waals surface area contributed by atoms with Crippen LogP contribution in [0.3, 0.4) is 0 Å². The summed E-state index contributed by atoms with van der Waals surface area (Å²) >= 11 is 1.64. The summed E-state index contributed by atoms with van der Waals surface area (Å²) in [5.41, 5.74) is 2.42. The number of thiazole rings is 1. The molecule has 6 nitrogen and oxygen atoms in total. The quantitative estimate of drug-likeness (QED) is 0.474. The van der Waals surface area contributed by atoms with E-state index in [0.717, 1.165) is 61.3 Å². The number of aromatic nitrogens is 1. The first-order valence-electron chi connectivity index (χ1n) is 13.1. The Hall–Kier alpha value is -1.96. The molecule has 2 aliphatic rings. The van der Waals surface area contributed by atoms with Gasteiger partial charge in [0.05, 0.1) is 29.6 Å². The Morgan fingerprint density at radius 3 is 2.68 bits per heavy atom. The van der Waals surface area contributed by atoms with Crippen molar-refractivity contribution in [2.24, 2.45) is 5.92 Å². The van der Waals surface area contributed by atoms with Crippen molar-refractivity contribution in [2.75, 3.05) is 56.2 Å². The predicted molar refractivity (Wildman–Crippen MR) is 141 cm³/mol. The van der Waals surface area contributed by atoms with Crippen LogP contribution < -0.4 is 10.2 Å². The lowest BCUT2D eigenvalue weighted by Gasteiger charge is -2.33. The van der Waals surface area contributed by atoms with E-state index >= 15 is 0 Å². The zero-order valence-electron chi connectivity index (χ0n) is 20.8. The Bertz CT molecular complexity index is 904. The second kappa shape index (κ2) is 12.7. The van der Waals surface area contributed by atoms with E-state index in [9.17, 15) is 4.79 Å². The number of morpholine rings is 1. The Kier molecular flexibility index (Phi) is 9.36. The maximum Gasteiger partial charge on any atom is 0.275 e. The number of benzene rings is 1. The fraction of sp³-hybridized carbons (Fsp3) is 0.630. The van der Waals surface area contributed by atoms with Gasteiger partial charge in [-0.25, -0.2) is 4.98 Å². The number of amides is 1. The molecule has 1 amide bonds. The van der Waals surface area contributed by atoms with E-state index < -0.39 is 0 Å². The average molecular weight is 485 g/mol. The third kappa shape index (κ3) is 6.58. The largest absolute Gasteiger partial charge is 0.378 e. The molecule has 0 bridgehead atoms. The van der Waals surface area contributed by atoms with E-state index in [1.165, 1.54) is 32.2 Å². The van der Waals surface area contributed by atoms with E-state index in [4.69, 9.17) is 9.72 Å². The smallest absolute Gasteiger partial charge is 0.275 e. The minimum atomic E-state index is -0.123. The monoisotopic (exact) mass is 484 g/mol. The van der Waals surface area contributed by atoms with Gasteiger partial charge in [0.2, 0.25) is 0 Å². The van der Waals surface area contributed by atoms with E-state index in [1.807, 2.05) is 23.6 Å². The fourth-order valence-corrected chi connectivity index (χ4v) is 6.04. The summed E-state index contributed by atoms with van der Waals surface area (Å²) in [7, 11) is 0. The summed E-state index contributed by atoms with van der Waals surface area (Å²) in [5.74, 6) is 1.17. The van der Waals surface area contributed by atoms with Gasteiger partial charge in [-0.15, -0.1) is 11.3 Å². The van der Waals surface area contributed by atoms with Gasteiger partial charge in [-0.05, 0) is 50.4 Å². The molecule has 34 heavy (non-hydrogen) atoms. The summed E-state index contributed by atoms with van der Waals surface area (Å²) in [6.45, 7) is 11.2. The predicted octanol–water partition coefficient (Wildman–Crippen LogP) is 5.63. The van der Waals surface area contributed by atoms with Gasteiger partial charge in [0.1, 0.15) is 5.69 Å². The molecular formula is C27H40N4O2S. The number of piperidine rings is 1. The topological polar surface area (TPSA) is 57.7 Å². The number of hydrogen-bond donors (Lipinski definition) is 1. The highest BCUT2D eigenvalue weighted by Gasteiger charge is 2.25. The first-order chi connectivity index (χ1) is 16.7. The maximum absolute atomic E-state index is 13.0. The number of hydrogen-bond acceptors (Lipinski definition) is 6. The Morgan fingerprint density at radius 2 is 1.94 bits per heavy atom. The Morgan fingerprint density at radius 1 is 1.18 bits per heavy atom. The minimum Gasteiger partial charge on any atom is -0.378 e. The van der Waals surface area contributed by atoms with Crippen LogP contribution in [-0.2, 0) is 4.74 Å². The molecule has 1 aromatic carbocycles. The van der Waals surface area contributed by atoms with Crippen LogP contribution >= 0.6 is 11.3 Å². The van der Waals surface area contributed by atoms with Crippen molar-refractivity contribution >= 4 is 28.6 Å².